The summed E-state index contributed by atoms with van der Waals surface area (Å²) in [5, 5.41) is 11.5. The highest BCUT2D eigenvalue weighted by atomic mass is 16.5. The van der Waals surface area contributed by atoms with Gasteiger partial charge in [0.1, 0.15) is 17.2 Å². The zero-order valence-electron chi connectivity index (χ0n) is 19.6. The number of hydrogen-bond acceptors (Lipinski definition) is 5. The van der Waals surface area contributed by atoms with E-state index in [-0.39, 0.29) is 17.9 Å². The number of carbonyl (C=O) groups excluding carboxylic acids is 1. The van der Waals surface area contributed by atoms with Crippen LogP contribution < -0.4 is 14.2 Å². The fourth-order valence-electron chi connectivity index (χ4n) is 5.36. The Labute approximate surface area is 195 Å². The first-order valence-electron chi connectivity index (χ1n) is 11.6. The first-order valence-corrected chi connectivity index (χ1v) is 11.6. The standard InChI is InChI=1S/C27H33NO5/c1-31-20-10-7-19(8-11-20)9-14-25(29)28-17-16-27(30)15-5-4-6-23(27)26(28)22-18-21(32-2)12-13-24(22)33-3/h7-14,18,23,26,30H,4-6,15-17H2,1-3H3/b14-9+/t23-,26+,27-/m1/s1. The number of piperidine rings is 1. The van der Waals surface area contributed by atoms with Crippen LogP contribution >= 0.6 is 0 Å². The molecule has 2 aliphatic rings. The molecule has 176 valence electrons. The summed E-state index contributed by atoms with van der Waals surface area (Å²) in [4.78, 5) is 15.4. The van der Waals surface area contributed by atoms with Crippen LogP contribution in [0.4, 0.5) is 0 Å². The average Bonchev–Trinajstić information content (AvgIpc) is 2.86. The van der Waals surface area contributed by atoms with Gasteiger partial charge in [0.2, 0.25) is 5.91 Å². The summed E-state index contributed by atoms with van der Waals surface area (Å²) >= 11 is 0. The molecule has 0 aromatic heterocycles. The van der Waals surface area contributed by atoms with Crippen LogP contribution in [0.2, 0.25) is 0 Å². The van der Waals surface area contributed by atoms with Gasteiger partial charge in [-0.25, -0.2) is 0 Å². The van der Waals surface area contributed by atoms with Crippen molar-refractivity contribution in [3.05, 3.63) is 59.7 Å². The topological polar surface area (TPSA) is 68.2 Å². The van der Waals surface area contributed by atoms with Crippen LogP contribution in [0.25, 0.3) is 6.08 Å². The molecule has 0 radical (unpaired) electrons. The van der Waals surface area contributed by atoms with Crippen LogP contribution in [0.1, 0.15) is 49.3 Å². The number of methoxy groups -OCH3 is 3. The molecule has 4 rings (SSSR count). The lowest BCUT2D eigenvalue weighted by Gasteiger charge is -2.52. The van der Waals surface area contributed by atoms with E-state index in [9.17, 15) is 9.90 Å². The van der Waals surface area contributed by atoms with Crippen molar-refractivity contribution in [1.29, 1.82) is 0 Å². The molecule has 6 nitrogen and oxygen atoms in total. The summed E-state index contributed by atoms with van der Waals surface area (Å²) in [6, 6.07) is 13.0. The fraction of sp³-hybridized carbons (Fsp3) is 0.444. The highest BCUT2D eigenvalue weighted by Gasteiger charge is 2.50. The second-order valence-electron chi connectivity index (χ2n) is 8.90. The molecule has 1 amide bonds. The van der Waals surface area contributed by atoms with E-state index in [1.54, 1.807) is 27.4 Å². The molecule has 33 heavy (non-hydrogen) atoms. The van der Waals surface area contributed by atoms with Gasteiger partial charge in [-0.05, 0) is 61.2 Å². The number of amides is 1. The van der Waals surface area contributed by atoms with E-state index in [0.29, 0.717) is 24.5 Å². The van der Waals surface area contributed by atoms with E-state index in [4.69, 9.17) is 14.2 Å². The van der Waals surface area contributed by atoms with Crippen LogP contribution in [-0.2, 0) is 4.79 Å². The second kappa shape index (κ2) is 9.87. The molecular formula is C27H33NO5. The minimum absolute atomic E-state index is 0.0562. The van der Waals surface area contributed by atoms with E-state index in [1.807, 2.05) is 53.4 Å². The van der Waals surface area contributed by atoms with Crippen molar-refractivity contribution in [3.8, 4) is 17.2 Å². The van der Waals surface area contributed by atoms with Crippen LogP contribution in [0.5, 0.6) is 17.2 Å². The Bertz CT molecular complexity index is 1000. The van der Waals surface area contributed by atoms with Crippen molar-refractivity contribution in [3.63, 3.8) is 0 Å². The first kappa shape index (κ1) is 23.2. The maximum atomic E-state index is 13.5. The van der Waals surface area contributed by atoms with Gasteiger partial charge in [0, 0.05) is 24.1 Å². The summed E-state index contributed by atoms with van der Waals surface area (Å²) in [5.74, 6) is 2.05. The van der Waals surface area contributed by atoms with E-state index < -0.39 is 5.60 Å². The summed E-state index contributed by atoms with van der Waals surface area (Å²) < 4.78 is 16.4. The Hall–Kier alpha value is -2.99. The zero-order valence-corrected chi connectivity index (χ0v) is 19.6. The second-order valence-corrected chi connectivity index (χ2v) is 8.90. The summed E-state index contributed by atoms with van der Waals surface area (Å²) in [7, 11) is 4.89. The summed E-state index contributed by atoms with van der Waals surface area (Å²) in [6.45, 7) is 0.490. The Balaban J connectivity index is 1.69. The van der Waals surface area contributed by atoms with E-state index in [2.05, 4.69) is 0 Å². The molecule has 3 atom stereocenters. The van der Waals surface area contributed by atoms with E-state index in [0.717, 1.165) is 42.6 Å². The Morgan fingerprint density at radius 1 is 1.00 bits per heavy atom. The number of carbonyl (C=O) groups is 1. The molecule has 6 heteroatoms. The van der Waals surface area contributed by atoms with Gasteiger partial charge in [-0.2, -0.15) is 0 Å². The van der Waals surface area contributed by atoms with Crippen molar-refractivity contribution in [2.45, 2.75) is 43.7 Å². The van der Waals surface area contributed by atoms with E-state index in [1.165, 1.54) is 0 Å². The van der Waals surface area contributed by atoms with Gasteiger partial charge in [0.05, 0.1) is 33.0 Å². The molecule has 0 unspecified atom stereocenters. The maximum absolute atomic E-state index is 13.5. The molecule has 1 saturated heterocycles. The molecule has 1 aliphatic carbocycles. The smallest absolute Gasteiger partial charge is 0.247 e. The normalized spacial score (nSPS) is 24.9. The molecule has 1 aliphatic heterocycles. The number of benzene rings is 2. The van der Waals surface area contributed by atoms with Gasteiger partial charge in [-0.1, -0.05) is 25.0 Å². The predicted molar refractivity (Wildman–Crippen MR) is 128 cm³/mol. The van der Waals surface area contributed by atoms with Crippen LogP contribution in [-0.4, -0.2) is 49.4 Å². The number of nitrogens with zero attached hydrogens (tertiary/aromatic N) is 1. The predicted octanol–water partition coefficient (Wildman–Crippen LogP) is 4.62. The van der Waals surface area contributed by atoms with Crippen molar-refractivity contribution in [2.75, 3.05) is 27.9 Å². The van der Waals surface area contributed by atoms with Gasteiger partial charge in [0.15, 0.2) is 0 Å². The molecule has 1 N–H and O–H groups in total. The summed E-state index contributed by atoms with van der Waals surface area (Å²) in [6.07, 6.45) is 7.72. The average molecular weight is 452 g/mol. The highest BCUT2D eigenvalue weighted by Crippen LogP contribution is 2.51. The van der Waals surface area contributed by atoms with Gasteiger partial charge in [-0.15, -0.1) is 0 Å². The number of hydrogen-bond donors (Lipinski definition) is 1. The van der Waals surface area contributed by atoms with Crippen molar-refractivity contribution in [1.82, 2.24) is 4.90 Å². The van der Waals surface area contributed by atoms with Crippen molar-refractivity contribution in [2.24, 2.45) is 5.92 Å². The lowest BCUT2D eigenvalue weighted by Crippen LogP contribution is -2.56. The minimum atomic E-state index is -0.770. The van der Waals surface area contributed by atoms with Crippen LogP contribution in [0, 0.1) is 5.92 Å². The number of rotatable bonds is 6. The third-order valence-corrected chi connectivity index (χ3v) is 7.14. The largest absolute Gasteiger partial charge is 0.497 e. The van der Waals surface area contributed by atoms with E-state index >= 15 is 0 Å². The lowest BCUT2D eigenvalue weighted by atomic mass is 9.66. The number of fused-ring (bicyclic) bond motifs is 1. The summed E-state index contributed by atoms with van der Waals surface area (Å²) in [5.41, 5.74) is 1.03. The molecule has 0 bridgehead atoms. The molecule has 2 aromatic carbocycles. The Morgan fingerprint density at radius 2 is 1.73 bits per heavy atom. The molecule has 1 heterocycles. The molecule has 2 aromatic rings. The van der Waals surface area contributed by atoms with Crippen molar-refractivity contribution >= 4 is 12.0 Å². The van der Waals surface area contributed by atoms with Gasteiger partial charge in [-0.3, -0.25) is 4.79 Å². The number of ether oxygens (including phenoxy) is 3. The minimum Gasteiger partial charge on any atom is -0.497 e. The monoisotopic (exact) mass is 451 g/mol. The lowest BCUT2D eigenvalue weighted by molar-refractivity contribution is -0.151. The Morgan fingerprint density at radius 3 is 2.42 bits per heavy atom. The van der Waals surface area contributed by atoms with Crippen molar-refractivity contribution < 1.29 is 24.1 Å². The maximum Gasteiger partial charge on any atom is 0.247 e. The molecular weight excluding hydrogens is 418 g/mol. The third-order valence-electron chi connectivity index (χ3n) is 7.14. The quantitative estimate of drug-likeness (QED) is 0.649. The van der Waals surface area contributed by atoms with Gasteiger partial charge < -0.3 is 24.2 Å². The van der Waals surface area contributed by atoms with Gasteiger partial charge >= 0.3 is 0 Å². The Kier molecular flexibility index (Phi) is 6.94. The van der Waals surface area contributed by atoms with Crippen LogP contribution in [0.15, 0.2) is 48.5 Å². The first-order chi connectivity index (χ1) is 16.0. The molecule has 0 spiro atoms. The number of aliphatic hydroxyl groups is 1. The zero-order chi connectivity index (χ0) is 23.4. The van der Waals surface area contributed by atoms with Gasteiger partial charge in [0.25, 0.3) is 0 Å². The highest BCUT2D eigenvalue weighted by molar-refractivity contribution is 5.92. The van der Waals surface area contributed by atoms with Crippen LogP contribution in [0.3, 0.4) is 0 Å². The molecule has 1 saturated carbocycles. The molecule has 2 fully saturated rings. The fourth-order valence-corrected chi connectivity index (χ4v) is 5.36. The SMILES string of the molecule is COc1ccc(/C=C/C(=O)N2CC[C@]3(O)CCCC[C@@H]3[C@@H]2c2cc(OC)ccc2OC)cc1. The third kappa shape index (κ3) is 4.71. The number of likely N-dealkylation sites (tertiary alicyclic amines) is 1.